The van der Waals surface area contributed by atoms with Gasteiger partial charge in [0.2, 0.25) is 0 Å². The molecule has 1 atom stereocenters. The summed E-state index contributed by atoms with van der Waals surface area (Å²) in [6.07, 6.45) is -5.82. The summed E-state index contributed by atoms with van der Waals surface area (Å²) < 4.78 is 37.5. The molecule has 1 heterocycles. The van der Waals surface area contributed by atoms with Gasteiger partial charge < -0.3 is 25.3 Å². The molecule has 1 aromatic carbocycles. The topological polar surface area (TPSA) is 76.0 Å². The van der Waals surface area contributed by atoms with Crippen LogP contribution in [0.4, 0.5) is 24.5 Å². The molecule has 0 bridgehead atoms. The Kier molecular flexibility index (Phi) is 6.36. The number of rotatable bonds is 5. The van der Waals surface area contributed by atoms with Gasteiger partial charge in [0.1, 0.15) is 0 Å². The summed E-state index contributed by atoms with van der Waals surface area (Å²) in [5, 5.41) is 21.7. The maximum absolute atomic E-state index is 12.5. The molecule has 2 rings (SSSR count). The highest BCUT2D eigenvalue weighted by atomic mass is 35.5. The zero-order chi connectivity index (χ0) is 18.6. The van der Waals surface area contributed by atoms with E-state index in [0.717, 1.165) is 4.90 Å². The van der Waals surface area contributed by atoms with Gasteiger partial charge >= 0.3 is 12.1 Å². The van der Waals surface area contributed by atoms with Gasteiger partial charge in [0.05, 0.1) is 24.1 Å². The fraction of sp³-hybridized carbons (Fsp3) is 0.533. The summed E-state index contributed by atoms with van der Waals surface area (Å²) in [5.41, 5.74) is 1.30. The zero-order valence-electron chi connectivity index (χ0n) is 13.3. The maximum Gasteiger partial charge on any atom is 0.471 e. The molecule has 1 fully saturated rings. The number of benzene rings is 1. The van der Waals surface area contributed by atoms with Gasteiger partial charge in [-0.3, -0.25) is 4.79 Å². The van der Waals surface area contributed by atoms with E-state index in [0.29, 0.717) is 16.4 Å². The third-order valence-electron chi connectivity index (χ3n) is 3.85. The van der Waals surface area contributed by atoms with Crippen LogP contribution in [-0.4, -0.2) is 72.6 Å². The highest BCUT2D eigenvalue weighted by Crippen LogP contribution is 2.30. The van der Waals surface area contributed by atoms with Gasteiger partial charge in [-0.15, -0.1) is 0 Å². The molecule has 10 heteroatoms. The standard InChI is InChI=1S/C15H19ClF3N3O3/c16-10-1-2-13(12(7-10)20-8-11(24)9-23)21-3-5-22(6-4-21)14(25)15(17,18)19/h1-2,7,11,20,23-24H,3-6,8-9H2. The molecule has 1 aromatic rings. The molecule has 1 amide bonds. The number of piperazine rings is 1. The van der Waals surface area contributed by atoms with Crippen LogP contribution in [-0.2, 0) is 4.79 Å². The smallest absolute Gasteiger partial charge is 0.394 e. The Morgan fingerprint density at radius 3 is 2.48 bits per heavy atom. The minimum absolute atomic E-state index is 0.0420. The van der Waals surface area contributed by atoms with Crippen molar-refractivity contribution in [3.8, 4) is 0 Å². The predicted octanol–water partition coefficient (Wildman–Crippen LogP) is 1.32. The Labute approximate surface area is 147 Å². The minimum Gasteiger partial charge on any atom is -0.394 e. The fourth-order valence-corrected chi connectivity index (χ4v) is 2.72. The minimum atomic E-state index is -4.87. The normalized spacial score (nSPS) is 16.7. The lowest BCUT2D eigenvalue weighted by Gasteiger charge is -2.37. The van der Waals surface area contributed by atoms with E-state index in [4.69, 9.17) is 16.7 Å². The van der Waals surface area contributed by atoms with Crippen molar-refractivity contribution in [2.45, 2.75) is 12.3 Å². The fourth-order valence-electron chi connectivity index (χ4n) is 2.55. The third kappa shape index (κ3) is 5.13. The van der Waals surface area contributed by atoms with Crippen molar-refractivity contribution in [1.29, 1.82) is 0 Å². The van der Waals surface area contributed by atoms with Crippen LogP contribution in [0.1, 0.15) is 0 Å². The molecule has 1 aliphatic heterocycles. The predicted molar refractivity (Wildman–Crippen MR) is 87.9 cm³/mol. The van der Waals surface area contributed by atoms with Gasteiger partial charge in [0, 0.05) is 37.7 Å². The van der Waals surface area contributed by atoms with Crippen molar-refractivity contribution < 1.29 is 28.2 Å². The van der Waals surface area contributed by atoms with Gasteiger partial charge in [-0.25, -0.2) is 0 Å². The number of anilines is 2. The number of hydrogen-bond acceptors (Lipinski definition) is 5. The molecule has 0 spiro atoms. The number of aliphatic hydroxyl groups excluding tert-OH is 2. The monoisotopic (exact) mass is 381 g/mol. The average Bonchev–Trinajstić information content (AvgIpc) is 2.58. The molecule has 0 radical (unpaired) electrons. The van der Waals surface area contributed by atoms with Crippen LogP contribution in [0, 0.1) is 0 Å². The number of nitrogens with zero attached hydrogens (tertiary/aromatic N) is 2. The molecular formula is C15H19ClF3N3O3. The second kappa shape index (κ2) is 8.11. The Bertz CT molecular complexity index is 607. The molecule has 0 aromatic heterocycles. The van der Waals surface area contributed by atoms with E-state index in [9.17, 15) is 23.1 Å². The zero-order valence-corrected chi connectivity index (χ0v) is 14.0. The van der Waals surface area contributed by atoms with Crippen molar-refractivity contribution >= 4 is 28.9 Å². The lowest BCUT2D eigenvalue weighted by molar-refractivity contribution is -0.185. The van der Waals surface area contributed by atoms with Crippen LogP contribution < -0.4 is 10.2 Å². The van der Waals surface area contributed by atoms with Crippen molar-refractivity contribution in [2.24, 2.45) is 0 Å². The first-order chi connectivity index (χ1) is 11.7. The largest absolute Gasteiger partial charge is 0.471 e. The summed E-state index contributed by atoms with van der Waals surface area (Å²) >= 11 is 5.97. The number of carbonyl (C=O) groups is 1. The van der Waals surface area contributed by atoms with E-state index in [-0.39, 0.29) is 32.7 Å². The van der Waals surface area contributed by atoms with E-state index in [1.807, 2.05) is 4.90 Å². The summed E-state index contributed by atoms with van der Waals surface area (Å²) in [7, 11) is 0. The van der Waals surface area contributed by atoms with Crippen LogP contribution >= 0.6 is 11.6 Å². The van der Waals surface area contributed by atoms with Crippen molar-refractivity contribution in [1.82, 2.24) is 4.90 Å². The lowest BCUT2D eigenvalue weighted by atomic mass is 10.2. The van der Waals surface area contributed by atoms with Crippen LogP contribution in [0.3, 0.4) is 0 Å². The highest BCUT2D eigenvalue weighted by Gasteiger charge is 2.43. The van der Waals surface area contributed by atoms with E-state index < -0.39 is 24.8 Å². The van der Waals surface area contributed by atoms with E-state index in [1.54, 1.807) is 18.2 Å². The van der Waals surface area contributed by atoms with Crippen molar-refractivity contribution in [2.75, 3.05) is 49.5 Å². The number of amides is 1. The van der Waals surface area contributed by atoms with Crippen LogP contribution in [0.5, 0.6) is 0 Å². The highest BCUT2D eigenvalue weighted by molar-refractivity contribution is 6.31. The van der Waals surface area contributed by atoms with Gasteiger partial charge in [0.15, 0.2) is 0 Å². The third-order valence-corrected chi connectivity index (χ3v) is 4.08. The first-order valence-corrected chi connectivity index (χ1v) is 8.03. The second-order valence-electron chi connectivity index (χ2n) is 5.66. The molecule has 1 saturated heterocycles. The van der Waals surface area contributed by atoms with Crippen molar-refractivity contribution in [3.05, 3.63) is 23.2 Å². The summed E-state index contributed by atoms with van der Waals surface area (Å²) in [4.78, 5) is 13.9. The second-order valence-corrected chi connectivity index (χ2v) is 6.09. The quantitative estimate of drug-likeness (QED) is 0.717. The average molecular weight is 382 g/mol. The molecule has 25 heavy (non-hydrogen) atoms. The molecule has 140 valence electrons. The maximum atomic E-state index is 12.5. The molecular weight excluding hydrogens is 363 g/mol. The number of hydrogen-bond donors (Lipinski definition) is 3. The number of halogens is 4. The molecule has 0 aliphatic carbocycles. The van der Waals surface area contributed by atoms with Gasteiger partial charge in [-0.1, -0.05) is 11.6 Å². The van der Waals surface area contributed by atoms with Gasteiger partial charge in [-0.05, 0) is 18.2 Å². The molecule has 6 nitrogen and oxygen atoms in total. The SMILES string of the molecule is O=C(N1CCN(c2ccc(Cl)cc2NCC(O)CO)CC1)C(F)(F)F. The van der Waals surface area contributed by atoms with Crippen LogP contribution in [0.15, 0.2) is 18.2 Å². The summed E-state index contributed by atoms with van der Waals surface area (Å²) in [6, 6.07) is 5.00. The number of aliphatic hydroxyl groups is 2. The summed E-state index contributed by atoms with van der Waals surface area (Å²) in [5.74, 6) is -1.83. The molecule has 1 unspecified atom stereocenters. The van der Waals surface area contributed by atoms with Crippen molar-refractivity contribution in [3.63, 3.8) is 0 Å². The summed E-state index contributed by atoms with van der Waals surface area (Å²) in [6.45, 7) is 0.0816. The van der Waals surface area contributed by atoms with Crippen LogP contribution in [0.25, 0.3) is 0 Å². The van der Waals surface area contributed by atoms with Gasteiger partial charge in [-0.2, -0.15) is 13.2 Å². The number of carbonyl (C=O) groups excluding carboxylic acids is 1. The molecule has 3 N–H and O–H groups in total. The first-order valence-electron chi connectivity index (χ1n) is 7.65. The Balaban J connectivity index is 2.06. The molecule has 1 aliphatic rings. The Morgan fingerprint density at radius 1 is 1.28 bits per heavy atom. The Hall–Kier alpha value is -1.71. The van der Waals surface area contributed by atoms with Crippen LogP contribution in [0.2, 0.25) is 5.02 Å². The number of nitrogens with one attached hydrogen (secondary N) is 1. The van der Waals surface area contributed by atoms with E-state index >= 15 is 0 Å². The van der Waals surface area contributed by atoms with E-state index in [1.165, 1.54) is 0 Å². The Morgan fingerprint density at radius 2 is 1.92 bits per heavy atom. The lowest BCUT2D eigenvalue weighted by Crippen LogP contribution is -2.52. The van der Waals surface area contributed by atoms with Gasteiger partial charge in [0.25, 0.3) is 0 Å². The number of alkyl halides is 3. The first kappa shape index (κ1) is 19.6. The van der Waals surface area contributed by atoms with E-state index in [2.05, 4.69) is 5.32 Å². The molecule has 0 saturated carbocycles.